The Morgan fingerprint density at radius 3 is 2.34 bits per heavy atom. The van der Waals surface area contributed by atoms with Crippen LogP contribution in [0.5, 0.6) is 0 Å². The Kier molecular flexibility index (Phi) is 7.85. The van der Waals surface area contributed by atoms with Crippen LogP contribution in [0.15, 0.2) is 90.6 Å². The van der Waals surface area contributed by atoms with E-state index in [0.717, 1.165) is 11.1 Å². The Bertz CT molecular complexity index is 1270. The van der Waals surface area contributed by atoms with E-state index in [4.69, 9.17) is 21.1 Å². The number of aromatic nitrogens is 1. The number of thioether (sulfide) groups is 1. The molecule has 0 saturated carbocycles. The molecular formula is C29H27ClN2O5S. The number of aliphatic hydroxyl groups excluding tert-OH is 1. The minimum atomic E-state index is -1.31. The number of β-lactam (4-membered cyclic amide) rings is 1. The van der Waals surface area contributed by atoms with Crippen LogP contribution in [0, 0.1) is 0 Å². The number of carbonyl (C=O) groups is 2. The summed E-state index contributed by atoms with van der Waals surface area (Å²) in [5.74, 6) is -0.778. The number of fused-ring (bicyclic) bond motifs is 1. The second-order valence-electron chi connectivity index (χ2n) is 9.31. The van der Waals surface area contributed by atoms with Crippen LogP contribution in [0.3, 0.4) is 0 Å². The number of carbonyl (C=O) groups excluding carboxylic acids is 2. The molecule has 2 aromatic carbocycles. The number of amides is 1. The molecule has 196 valence electrons. The normalized spacial score (nSPS) is 24.6. The molecule has 3 aromatic rings. The van der Waals surface area contributed by atoms with Crippen LogP contribution in [0.25, 0.3) is 6.08 Å². The van der Waals surface area contributed by atoms with Crippen molar-refractivity contribution in [1.29, 1.82) is 0 Å². The first kappa shape index (κ1) is 26.4. The predicted molar refractivity (Wildman–Crippen MR) is 146 cm³/mol. The van der Waals surface area contributed by atoms with Crippen LogP contribution < -0.4 is 0 Å². The molecule has 2 fully saturated rings. The minimum absolute atomic E-state index is 0.180. The fraction of sp³-hybridized carbons (Fsp3) is 0.276. The van der Waals surface area contributed by atoms with Gasteiger partial charge < -0.3 is 19.5 Å². The molecule has 0 radical (unpaired) electrons. The molecule has 1 N–H and O–H groups in total. The topological polar surface area (TPSA) is 89.0 Å². The third-order valence-corrected chi connectivity index (χ3v) is 8.38. The first-order chi connectivity index (χ1) is 18.4. The highest BCUT2D eigenvalue weighted by molar-refractivity contribution is 8.00. The van der Waals surface area contributed by atoms with Gasteiger partial charge in [0.2, 0.25) is 0 Å². The summed E-state index contributed by atoms with van der Waals surface area (Å²) in [4.78, 5) is 33.2. The number of halogens is 1. The molecule has 0 aliphatic carbocycles. The van der Waals surface area contributed by atoms with Crippen molar-refractivity contribution in [2.24, 2.45) is 0 Å². The minimum Gasteiger partial charge on any atom is -0.451 e. The van der Waals surface area contributed by atoms with Gasteiger partial charge >= 0.3 is 5.97 Å². The van der Waals surface area contributed by atoms with Crippen LogP contribution in [0.2, 0.25) is 0 Å². The standard InChI is InChI=1S/C29H27ClN2O5S/c1-29(37-23(33)17-30)18-38-27-22(16-21-14-8-9-15-31-21)26(34)32(27)25(29)28(35)36-24(19-10-4-2-5-11-19)20-12-6-3-7-13-20/h2-16,23-25,27,33H,17-18H2,1H3/b22-16-/t23?,25-,27?,29?/m0/s1. The molecule has 1 aromatic heterocycles. The van der Waals surface area contributed by atoms with Crippen molar-refractivity contribution in [3.05, 3.63) is 107 Å². The van der Waals surface area contributed by atoms with Crippen molar-refractivity contribution in [2.45, 2.75) is 36.3 Å². The second-order valence-corrected chi connectivity index (χ2v) is 10.7. The smallest absolute Gasteiger partial charge is 0.332 e. The lowest BCUT2D eigenvalue weighted by atomic mass is 9.90. The zero-order valence-electron chi connectivity index (χ0n) is 20.6. The number of pyridine rings is 1. The molecule has 4 atom stereocenters. The summed E-state index contributed by atoms with van der Waals surface area (Å²) in [6.07, 6.45) is 1.40. The van der Waals surface area contributed by atoms with E-state index >= 15 is 0 Å². The average molecular weight is 551 g/mol. The van der Waals surface area contributed by atoms with Gasteiger partial charge in [0.1, 0.15) is 11.0 Å². The third kappa shape index (κ3) is 5.22. The number of esters is 1. The summed E-state index contributed by atoms with van der Waals surface area (Å²) in [6.45, 7) is 1.70. The second kappa shape index (κ2) is 11.3. The Labute approximate surface area is 230 Å². The summed E-state index contributed by atoms with van der Waals surface area (Å²) >= 11 is 7.29. The van der Waals surface area contributed by atoms with E-state index in [0.29, 0.717) is 17.0 Å². The van der Waals surface area contributed by atoms with Crippen molar-refractivity contribution in [2.75, 3.05) is 11.6 Å². The molecule has 5 rings (SSSR count). The highest BCUT2D eigenvalue weighted by atomic mass is 35.5. The van der Waals surface area contributed by atoms with E-state index in [-0.39, 0.29) is 17.2 Å². The lowest BCUT2D eigenvalue weighted by molar-refractivity contribution is -0.205. The van der Waals surface area contributed by atoms with Gasteiger partial charge in [0.15, 0.2) is 18.4 Å². The van der Waals surface area contributed by atoms with Gasteiger partial charge in [-0.05, 0) is 36.3 Å². The number of aliphatic hydroxyl groups is 1. The summed E-state index contributed by atoms with van der Waals surface area (Å²) < 4.78 is 12.0. The lowest BCUT2D eigenvalue weighted by Crippen LogP contribution is -2.72. The van der Waals surface area contributed by atoms with Gasteiger partial charge in [-0.25, -0.2) is 4.79 Å². The average Bonchev–Trinajstić information content (AvgIpc) is 2.95. The van der Waals surface area contributed by atoms with Crippen LogP contribution in [-0.2, 0) is 19.1 Å². The van der Waals surface area contributed by atoms with Crippen LogP contribution in [-0.4, -0.2) is 61.8 Å². The maximum atomic E-state index is 14.0. The first-order valence-corrected chi connectivity index (χ1v) is 13.8. The highest BCUT2D eigenvalue weighted by Crippen LogP contribution is 2.48. The molecule has 38 heavy (non-hydrogen) atoms. The van der Waals surface area contributed by atoms with Crippen molar-refractivity contribution >= 4 is 41.3 Å². The molecule has 0 bridgehead atoms. The molecule has 3 unspecified atom stereocenters. The van der Waals surface area contributed by atoms with Gasteiger partial charge in [-0.2, -0.15) is 0 Å². The van der Waals surface area contributed by atoms with Gasteiger partial charge in [-0.3, -0.25) is 9.78 Å². The number of benzene rings is 2. The Morgan fingerprint density at radius 1 is 1.13 bits per heavy atom. The quantitative estimate of drug-likeness (QED) is 0.146. The van der Waals surface area contributed by atoms with E-state index in [1.165, 1.54) is 16.7 Å². The Balaban J connectivity index is 1.49. The largest absolute Gasteiger partial charge is 0.451 e. The molecule has 2 aliphatic rings. The number of nitrogens with zero attached hydrogens (tertiary/aromatic N) is 2. The van der Waals surface area contributed by atoms with Crippen LogP contribution >= 0.6 is 23.4 Å². The Hall–Kier alpha value is -3.17. The van der Waals surface area contributed by atoms with Gasteiger partial charge in [-0.1, -0.05) is 66.7 Å². The van der Waals surface area contributed by atoms with Crippen molar-refractivity contribution in [3.8, 4) is 0 Å². The molecule has 7 nitrogen and oxygen atoms in total. The highest BCUT2D eigenvalue weighted by Gasteiger charge is 2.60. The SMILES string of the molecule is CC1(OC(O)CCl)CSC2/C(=C\c3ccccn3)C(=O)N2[C@H]1C(=O)OC(c1ccccc1)c1ccccc1. The molecule has 0 spiro atoms. The summed E-state index contributed by atoms with van der Waals surface area (Å²) in [6, 6.07) is 23.2. The van der Waals surface area contributed by atoms with Gasteiger partial charge in [0.05, 0.1) is 17.1 Å². The number of rotatable bonds is 8. The third-order valence-electron chi connectivity index (χ3n) is 6.57. The van der Waals surface area contributed by atoms with E-state index in [1.807, 2.05) is 72.8 Å². The molecular weight excluding hydrogens is 524 g/mol. The maximum Gasteiger partial charge on any atom is 0.332 e. The van der Waals surface area contributed by atoms with E-state index in [2.05, 4.69) is 4.98 Å². The number of hydrogen-bond donors (Lipinski definition) is 1. The number of hydrogen-bond acceptors (Lipinski definition) is 7. The molecule has 3 heterocycles. The van der Waals surface area contributed by atoms with Gasteiger partial charge in [0, 0.05) is 11.9 Å². The zero-order chi connectivity index (χ0) is 26.7. The van der Waals surface area contributed by atoms with Crippen molar-refractivity contribution in [3.63, 3.8) is 0 Å². The molecule has 1 amide bonds. The van der Waals surface area contributed by atoms with E-state index in [1.54, 1.807) is 25.3 Å². The lowest BCUT2D eigenvalue weighted by Gasteiger charge is -2.55. The van der Waals surface area contributed by atoms with Gasteiger partial charge in [-0.15, -0.1) is 23.4 Å². The summed E-state index contributed by atoms with van der Waals surface area (Å²) in [5.41, 5.74) is 1.56. The number of ether oxygens (including phenoxy) is 2. The Morgan fingerprint density at radius 2 is 1.76 bits per heavy atom. The van der Waals surface area contributed by atoms with Crippen molar-refractivity contribution in [1.82, 2.24) is 9.88 Å². The van der Waals surface area contributed by atoms with Crippen LogP contribution in [0.1, 0.15) is 29.8 Å². The first-order valence-electron chi connectivity index (χ1n) is 12.2. The molecule has 2 saturated heterocycles. The fourth-order valence-electron chi connectivity index (χ4n) is 4.81. The molecule has 9 heteroatoms. The zero-order valence-corrected chi connectivity index (χ0v) is 22.2. The van der Waals surface area contributed by atoms with Crippen LogP contribution in [0.4, 0.5) is 0 Å². The van der Waals surface area contributed by atoms with Crippen molar-refractivity contribution < 1.29 is 24.2 Å². The number of alkyl halides is 1. The fourth-order valence-corrected chi connectivity index (χ4v) is 6.31. The summed E-state index contributed by atoms with van der Waals surface area (Å²) in [5, 5.41) is 9.88. The molecule has 2 aliphatic heterocycles. The summed E-state index contributed by atoms with van der Waals surface area (Å²) in [7, 11) is 0. The maximum absolute atomic E-state index is 14.0. The van der Waals surface area contributed by atoms with E-state index < -0.39 is 30.0 Å². The van der Waals surface area contributed by atoms with E-state index in [9.17, 15) is 14.7 Å². The predicted octanol–water partition coefficient (Wildman–Crippen LogP) is 4.41. The monoisotopic (exact) mass is 550 g/mol. The van der Waals surface area contributed by atoms with Gasteiger partial charge in [0.25, 0.3) is 5.91 Å².